The Kier molecular flexibility index (Phi) is 10.5. The minimum Gasteiger partial charge on any atom is -0.494 e. The predicted molar refractivity (Wildman–Crippen MR) is 156 cm³/mol. The summed E-state index contributed by atoms with van der Waals surface area (Å²) < 4.78 is 40.2. The minimum atomic E-state index is -1.16. The van der Waals surface area contributed by atoms with Crippen LogP contribution in [0.4, 0.5) is 14.5 Å². The summed E-state index contributed by atoms with van der Waals surface area (Å²) in [5.41, 5.74) is 5.64. The lowest BCUT2D eigenvalue weighted by atomic mass is 10.1. The van der Waals surface area contributed by atoms with Crippen LogP contribution in [0.5, 0.6) is 5.75 Å². The van der Waals surface area contributed by atoms with Crippen LogP contribution < -0.4 is 15.8 Å². The molecular weight excluding hydrogens is 602 g/mol. The number of amides is 4. The largest absolute Gasteiger partial charge is 0.494 e. The van der Waals surface area contributed by atoms with E-state index in [1.54, 1.807) is 9.80 Å². The van der Waals surface area contributed by atoms with Crippen molar-refractivity contribution in [1.29, 1.82) is 0 Å². The van der Waals surface area contributed by atoms with E-state index >= 15 is 0 Å². The summed E-state index contributed by atoms with van der Waals surface area (Å²) in [7, 11) is 2.71. The number of carbonyl (C=O) groups excluding carboxylic acids is 4. The smallest absolute Gasteiger partial charge is 0.291 e. The summed E-state index contributed by atoms with van der Waals surface area (Å²) in [6.45, 7) is 1.63. The second kappa shape index (κ2) is 14.3. The van der Waals surface area contributed by atoms with Crippen LogP contribution in [0.3, 0.4) is 0 Å². The predicted octanol–water partition coefficient (Wildman–Crippen LogP) is 2.85. The van der Waals surface area contributed by atoms with E-state index in [4.69, 9.17) is 26.8 Å². The van der Waals surface area contributed by atoms with Crippen LogP contribution >= 0.6 is 11.6 Å². The van der Waals surface area contributed by atoms with E-state index in [2.05, 4.69) is 10.3 Å². The second-order valence-electron chi connectivity index (χ2n) is 9.87. The van der Waals surface area contributed by atoms with Gasteiger partial charge in [-0.3, -0.25) is 19.2 Å². The quantitative estimate of drug-likeness (QED) is 0.309. The number of rotatable bonds is 11. The van der Waals surface area contributed by atoms with E-state index in [-0.39, 0.29) is 77.0 Å². The molecule has 2 heterocycles. The Morgan fingerprint density at radius 2 is 1.68 bits per heavy atom. The number of hydrogen-bond acceptors (Lipinski definition) is 7. The maximum atomic E-state index is 14.6. The number of halogens is 3. The normalized spacial score (nSPS) is 13.1. The summed E-state index contributed by atoms with van der Waals surface area (Å²) in [6, 6.07) is 7.03. The molecule has 2 aromatic carbocycles. The number of nitrogens with zero attached hydrogens (tertiary/aromatic N) is 4. The summed E-state index contributed by atoms with van der Waals surface area (Å²) in [5.74, 6) is -4.16. The summed E-state index contributed by atoms with van der Waals surface area (Å²) in [4.78, 5) is 56.6. The highest BCUT2D eigenvalue weighted by Gasteiger charge is 2.26. The number of methoxy groups -OCH3 is 1. The number of imidazole rings is 1. The van der Waals surface area contributed by atoms with Crippen LogP contribution in [0.25, 0.3) is 11.3 Å². The first-order valence-electron chi connectivity index (χ1n) is 13.6. The molecular formula is C29H31ClF2N6O6. The van der Waals surface area contributed by atoms with Crippen LogP contribution in [0.2, 0.25) is 5.02 Å². The van der Waals surface area contributed by atoms with Crippen molar-refractivity contribution in [3.63, 3.8) is 0 Å². The average molecular weight is 633 g/mol. The van der Waals surface area contributed by atoms with Gasteiger partial charge in [-0.05, 0) is 30.3 Å². The molecule has 1 aliphatic heterocycles. The van der Waals surface area contributed by atoms with E-state index in [1.165, 1.54) is 55.3 Å². The summed E-state index contributed by atoms with van der Waals surface area (Å²) in [5, 5.41) is 2.75. The summed E-state index contributed by atoms with van der Waals surface area (Å²) >= 11 is 6.41. The molecule has 1 aliphatic rings. The summed E-state index contributed by atoms with van der Waals surface area (Å²) in [6.07, 6.45) is 1.50. The molecule has 1 saturated heterocycles. The Hall–Kier alpha value is -4.56. The molecule has 1 fully saturated rings. The average Bonchev–Trinajstić information content (AvgIpc) is 3.38. The molecule has 0 aliphatic carbocycles. The third-order valence-corrected chi connectivity index (χ3v) is 7.38. The third kappa shape index (κ3) is 7.32. The van der Waals surface area contributed by atoms with Crippen LogP contribution in [0, 0.1) is 11.6 Å². The lowest BCUT2D eigenvalue weighted by Crippen LogP contribution is -2.50. The Balaban J connectivity index is 1.34. The van der Waals surface area contributed by atoms with E-state index in [0.29, 0.717) is 26.2 Å². The van der Waals surface area contributed by atoms with Gasteiger partial charge >= 0.3 is 0 Å². The van der Waals surface area contributed by atoms with Crippen LogP contribution in [-0.4, -0.2) is 89.5 Å². The monoisotopic (exact) mass is 632 g/mol. The lowest BCUT2D eigenvalue weighted by molar-refractivity contribution is -0.133. The number of hydrogen-bond donors (Lipinski definition) is 2. The number of nitrogens with one attached hydrogen (secondary N) is 1. The van der Waals surface area contributed by atoms with Crippen molar-refractivity contribution in [1.82, 2.24) is 19.4 Å². The Morgan fingerprint density at radius 3 is 2.34 bits per heavy atom. The van der Waals surface area contributed by atoms with Gasteiger partial charge in [0.05, 0.1) is 49.2 Å². The molecule has 234 valence electrons. The lowest BCUT2D eigenvalue weighted by Gasteiger charge is -2.35. The van der Waals surface area contributed by atoms with E-state index in [9.17, 15) is 28.0 Å². The number of aromatic nitrogens is 2. The van der Waals surface area contributed by atoms with Gasteiger partial charge in [-0.1, -0.05) is 11.6 Å². The molecule has 4 rings (SSSR count). The fourth-order valence-electron chi connectivity index (χ4n) is 4.63. The SMILES string of the molecule is COc1ccc(-c2cnc(C(=O)Nc3ccc(C(=O)N4CCN(C(=O)CCOCCC(N)=O)CC4)c(Cl)c3)n2C)c(F)c1F. The van der Waals surface area contributed by atoms with Crippen LogP contribution in [0.1, 0.15) is 33.8 Å². The number of nitrogens with two attached hydrogens (primary N) is 1. The maximum Gasteiger partial charge on any atom is 0.291 e. The first kappa shape index (κ1) is 32.4. The molecule has 0 atom stereocenters. The van der Waals surface area contributed by atoms with Gasteiger partial charge in [0.25, 0.3) is 11.8 Å². The molecule has 3 N–H and O–H groups in total. The van der Waals surface area contributed by atoms with E-state index in [0.717, 1.165) is 0 Å². The number of benzene rings is 2. The molecule has 4 amide bonds. The zero-order chi connectivity index (χ0) is 32.0. The standard InChI is InChI=1S/C29H31ClF2N6O6/c1-36-21(19-5-6-22(43-2)26(32)25(19)31)16-34-27(36)28(41)35-17-3-4-18(20(30)15-17)29(42)38-11-9-37(10-12-38)24(40)8-14-44-13-7-23(33)39/h3-6,15-16H,7-14H2,1-2H3,(H2,33,39)(H,35,41). The number of primary amides is 1. The zero-order valence-electron chi connectivity index (χ0n) is 24.1. The molecule has 0 unspecified atom stereocenters. The first-order valence-corrected chi connectivity index (χ1v) is 14.0. The highest BCUT2D eigenvalue weighted by atomic mass is 35.5. The fourth-order valence-corrected chi connectivity index (χ4v) is 4.89. The Bertz CT molecular complexity index is 1570. The van der Waals surface area contributed by atoms with Crippen molar-refractivity contribution >= 4 is 40.9 Å². The van der Waals surface area contributed by atoms with Crippen molar-refractivity contribution in [3.05, 3.63) is 64.6 Å². The Labute approximate surface area is 256 Å². The molecule has 12 nitrogen and oxygen atoms in total. The highest BCUT2D eigenvalue weighted by molar-refractivity contribution is 6.34. The second-order valence-corrected chi connectivity index (χ2v) is 10.3. The maximum absolute atomic E-state index is 14.6. The first-order chi connectivity index (χ1) is 21.0. The molecule has 15 heteroatoms. The van der Waals surface area contributed by atoms with E-state index in [1.807, 2.05) is 0 Å². The van der Waals surface area contributed by atoms with Gasteiger partial charge in [0.1, 0.15) is 0 Å². The van der Waals surface area contributed by atoms with Crippen molar-refractivity contribution < 1.29 is 37.4 Å². The molecule has 1 aromatic heterocycles. The van der Waals surface area contributed by atoms with Crippen LogP contribution in [-0.2, 0) is 21.4 Å². The van der Waals surface area contributed by atoms with Gasteiger partial charge in [-0.2, -0.15) is 4.39 Å². The van der Waals surface area contributed by atoms with Crippen molar-refractivity contribution in [2.45, 2.75) is 12.8 Å². The van der Waals surface area contributed by atoms with Gasteiger partial charge in [-0.15, -0.1) is 0 Å². The van der Waals surface area contributed by atoms with Crippen LogP contribution in [0.15, 0.2) is 36.5 Å². The molecule has 44 heavy (non-hydrogen) atoms. The topological polar surface area (TPSA) is 149 Å². The Morgan fingerprint density at radius 1 is 1.00 bits per heavy atom. The molecule has 0 radical (unpaired) electrons. The zero-order valence-corrected chi connectivity index (χ0v) is 24.8. The molecule has 0 saturated carbocycles. The number of carbonyl (C=O) groups is 4. The van der Waals surface area contributed by atoms with Gasteiger partial charge in [-0.25, -0.2) is 9.37 Å². The van der Waals surface area contributed by atoms with Crippen molar-refractivity contribution in [2.24, 2.45) is 12.8 Å². The number of ether oxygens (including phenoxy) is 2. The van der Waals surface area contributed by atoms with Crippen molar-refractivity contribution in [3.8, 4) is 17.0 Å². The number of piperazine rings is 1. The van der Waals surface area contributed by atoms with Gasteiger partial charge in [0.15, 0.2) is 17.4 Å². The minimum absolute atomic E-state index is 0.0726. The van der Waals surface area contributed by atoms with Crippen molar-refractivity contribution in [2.75, 3.05) is 51.8 Å². The van der Waals surface area contributed by atoms with Gasteiger partial charge < -0.3 is 34.9 Å². The number of anilines is 1. The molecule has 0 spiro atoms. The molecule has 3 aromatic rings. The van der Waals surface area contributed by atoms with Gasteiger partial charge in [0, 0.05) is 50.9 Å². The third-order valence-electron chi connectivity index (χ3n) is 7.06. The van der Waals surface area contributed by atoms with Gasteiger partial charge in [0.2, 0.25) is 17.6 Å². The molecule has 0 bridgehead atoms. The van der Waals surface area contributed by atoms with E-state index < -0.39 is 23.4 Å². The fraction of sp³-hybridized carbons (Fsp3) is 0.345. The highest BCUT2D eigenvalue weighted by Crippen LogP contribution is 2.30.